The van der Waals surface area contributed by atoms with Gasteiger partial charge in [-0.25, -0.2) is 0 Å². The Hall–Kier alpha value is -3.64. The second kappa shape index (κ2) is 15.9. The van der Waals surface area contributed by atoms with Crippen LogP contribution in [0.1, 0.15) is 65.0 Å². The summed E-state index contributed by atoms with van der Waals surface area (Å²) in [5.41, 5.74) is 2.41. The topological polar surface area (TPSA) is 119 Å². The quantitative estimate of drug-likeness (QED) is 0.123. The third kappa shape index (κ3) is 8.57. The summed E-state index contributed by atoms with van der Waals surface area (Å²) in [6, 6.07) is 14.5. The van der Waals surface area contributed by atoms with E-state index in [2.05, 4.69) is 25.2 Å². The lowest BCUT2D eigenvalue weighted by molar-refractivity contribution is -0.149. The molecule has 2 aromatic rings. The predicted molar refractivity (Wildman–Crippen MR) is 193 cm³/mol. The van der Waals surface area contributed by atoms with Crippen molar-refractivity contribution in [2.45, 2.75) is 96.9 Å². The molecule has 0 aromatic heterocycles. The molecule has 1 fully saturated rings. The van der Waals surface area contributed by atoms with Crippen molar-refractivity contribution < 1.29 is 33.4 Å². The Kier molecular flexibility index (Phi) is 12.4. The molecule has 11 heteroatoms. The second-order valence-corrected chi connectivity index (χ2v) is 18.0. The number of benzene rings is 2. The monoisotopic (exact) mass is 693 g/mol. The van der Waals surface area contributed by atoms with Crippen LogP contribution in [-0.4, -0.2) is 73.1 Å². The van der Waals surface area contributed by atoms with E-state index in [-0.39, 0.29) is 44.5 Å². The Morgan fingerprint density at radius 3 is 2.45 bits per heavy atom. The molecule has 0 unspecified atom stereocenters. The van der Waals surface area contributed by atoms with Gasteiger partial charge in [0.1, 0.15) is 6.10 Å². The van der Waals surface area contributed by atoms with Gasteiger partial charge in [0.25, 0.3) is 11.8 Å². The van der Waals surface area contributed by atoms with Gasteiger partial charge in [-0.05, 0) is 77.4 Å². The zero-order valence-electron chi connectivity index (χ0n) is 29.8. The van der Waals surface area contributed by atoms with Crippen molar-refractivity contribution in [2.75, 3.05) is 29.9 Å². The number of halogens is 1. The summed E-state index contributed by atoms with van der Waals surface area (Å²) in [6.45, 7) is 12.9. The van der Waals surface area contributed by atoms with Crippen LogP contribution in [0.3, 0.4) is 0 Å². The molecule has 0 saturated carbocycles. The molecule has 0 bridgehead atoms. The minimum atomic E-state index is -3.56. The molecule has 0 radical (unpaired) electrons. The first-order valence-electron chi connectivity index (χ1n) is 17.1. The number of nitrogens with zero attached hydrogens (tertiary/aromatic N) is 2. The van der Waals surface area contributed by atoms with Crippen LogP contribution < -0.4 is 10.2 Å². The molecule has 2 aliphatic rings. The van der Waals surface area contributed by atoms with Gasteiger partial charge in [0.2, 0.25) is 14.3 Å². The predicted octanol–water partition coefficient (Wildman–Crippen LogP) is 6.23. The molecule has 49 heavy (non-hydrogen) atoms. The number of nitrogens with one attached hydrogen (secondary N) is 1. The van der Waals surface area contributed by atoms with Crippen molar-refractivity contribution in [1.29, 1.82) is 0 Å². The molecule has 2 aromatic carbocycles. The SMILES string of the molecule is CC(C)=CCC/C(C)=C/CN1C(=O)[C@@]2(O[C@@H](CC(=O)N(CCO)Cc3ccccc3)[C@H]([Si](C)(C)F)[C@H]2C)c2cc(NC(=O)[C@H](C)O)ccc21. The third-order valence-corrected chi connectivity index (χ3v) is 12.1. The van der Waals surface area contributed by atoms with Crippen molar-refractivity contribution in [2.24, 2.45) is 5.92 Å². The number of anilines is 2. The number of aliphatic hydroxyl groups excluding tert-OH is 2. The van der Waals surface area contributed by atoms with Crippen molar-refractivity contribution in [3.8, 4) is 0 Å². The first kappa shape index (κ1) is 38.2. The van der Waals surface area contributed by atoms with Crippen LogP contribution >= 0.6 is 0 Å². The summed E-state index contributed by atoms with van der Waals surface area (Å²) < 4.78 is 23.2. The summed E-state index contributed by atoms with van der Waals surface area (Å²) in [6.07, 6.45) is 3.60. The third-order valence-electron chi connectivity index (χ3n) is 9.64. The molecule has 1 spiro atoms. The van der Waals surface area contributed by atoms with Crippen LogP contribution in [0.25, 0.3) is 0 Å². The molecule has 0 aliphatic carbocycles. The lowest BCUT2D eigenvalue weighted by atomic mass is 9.82. The largest absolute Gasteiger partial charge is 0.395 e. The van der Waals surface area contributed by atoms with E-state index in [1.807, 2.05) is 50.3 Å². The minimum absolute atomic E-state index is 0.101. The number of fused-ring (bicyclic) bond motifs is 2. The first-order valence-corrected chi connectivity index (χ1v) is 20.1. The highest BCUT2D eigenvalue weighted by Crippen LogP contribution is 2.60. The number of ether oxygens (including phenoxy) is 1. The van der Waals surface area contributed by atoms with E-state index in [1.54, 1.807) is 41.1 Å². The fourth-order valence-corrected chi connectivity index (χ4v) is 9.70. The van der Waals surface area contributed by atoms with Gasteiger partial charge in [-0.15, -0.1) is 0 Å². The minimum Gasteiger partial charge on any atom is -0.395 e. The molecule has 3 N–H and O–H groups in total. The van der Waals surface area contributed by atoms with Crippen LogP contribution in [0.5, 0.6) is 0 Å². The van der Waals surface area contributed by atoms with Gasteiger partial charge in [0.05, 0.1) is 24.8 Å². The Morgan fingerprint density at radius 1 is 1.14 bits per heavy atom. The van der Waals surface area contributed by atoms with Crippen LogP contribution in [0.2, 0.25) is 18.6 Å². The van der Waals surface area contributed by atoms with E-state index in [4.69, 9.17) is 4.74 Å². The number of aliphatic hydroxyl groups is 2. The lowest BCUT2D eigenvalue weighted by Gasteiger charge is -2.31. The zero-order valence-corrected chi connectivity index (χ0v) is 30.8. The maximum atomic E-state index is 16.4. The molecule has 4 rings (SSSR count). The van der Waals surface area contributed by atoms with Crippen LogP contribution in [0.15, 0.2) is 71.8 Å². The zero-order chi connectivity index (χ0) is 36.1. The maximum absolute atomic E-state index is 16.4. The Labute approximate surface area is 291 Å². The van der Waals surface area contributed by atoms with E-state index in [1.165, 1.54) is 12.5 Å². The normalized spacial score (nSPS) is 22.7. The molecule has 9 nitrogen and oxygen atoms in total. The number of rotatable bonds is 14. The van der Waals surface area contributed by atoms with E-state index >= 15 is 4.11 Å². The smallest absolute Gasteiger partial charge is 0.264 e. The van der Waals surface area contributed by atoms with Crippen LogP contribution in [0.4, 0.5) is 15.5 Å². The van der Waals surface area contributed by atoms with E-state index in [9.17, 15) is 24.6 Å². The highest BCUT2D eigenvalue weighted by Gasteiger charge is 2.67. The molecule has 266 valence electrons. The van der Waals surface area contributed by atoms with Gasteiger partial charge in [-0.2, -0.15) is 0 Å². The fourth-order valence-electron chi connectivity index (χ4n) is 7.21. The van der Waals surface area contributed by atoms with Gasteiger partial charge in [0, 0.05) is 42.3 Å². The highest BCUT2D eigenvalue weighted by molar-refractivity contribution is 6.72. The molecular weight excluding hydrogens is 642 g/mol. The highest BCUT2D eigenvalue weighted by atomic mass is 28.4. The Morgan fingerprint density at radius 2 is 1.84 bits per heavy atom. The maximum Gasteiger partial charge on any atom is 0.264 e. The van der Waals surface area contributed by atoms with E-state index in [0.29, 0.717) is 16.9 Å². The Bertz CT molecular complexity index is 1570. The van der Waals surface area contributed by atoms with Crippen molar-refractivity contribution >= 4 is 37.5 Å². The van der Waals surface area contributed by atoms with Gasteiger partial charge in [0.15, 0.2) is 5.60 Å². The van der Waals surface area contributed by atoms with Crippen molar-refractivity contribution in [3.63, 3.8) is 0 Å². The Balaban J connectivity index is 1.74. The molecule has 3 amide bonds. The molecular formula is C38H52FN3O6Si. The molecule has 1 saturated heterocycles. The standard InChI is InChI=1S/C38H52FN3O6Si/c1-25(2)12-11-13-26(3)18-19-42-32-17-16-30(40-36(46)28(5)44)22-31(32)38(37(42)47)27(4)35(49(6,7)39)33(48-38)23-34(45)41(20-21-43)24-29-14-9-8-10-15-29/h8-10,12,14-18,22,27-28,33,35,43-44H,11,13,19-21,23-24H2,1-7H3,(H,40,46)/b26-18+/t27-,28+,33+,35-,38+/m1/s1. The number of allylic oxidation sites excluding steroid dienone is 3. The van der Waals surface area contributed by atoms with Gasteiger partial charge >= 0.3 is 0 Å². The summed E-state index contributed by atoms with van der Waals surface area (Å²) in [4.78, 5) is 44.2. The second-order valence-electron chi connectivity index (χ2n) is 14.2. The van der Waals surface area contributed by atoms with Crippen molar-refractivity contribution in [1.82, 2.24) is 4.90 Å². The van der Waals surface area contributed by atoms with E-state index in [0.717, 1.165) is 24.0 Å². The van der Waals surface area contributed by atoms with Gasteiger partial charge in [-0.3, -0.25) is 14.4 Å². The molecule has 5 atom stereocenters. The summed E-state index contributed by atoms with van der Waals surface area (Å²) in [5, 5.41) is 22.3. The van der Waals surface area contributed by atoms with Crippen LogP contribution in [-0.2, 0) is 31.3 Å². The fraction of sp³-hybridized carbons (Fsp3) is 0.500. The van der Waals surface area contributed by atoms with Crippen molar-refractivity contribution in [3.05, 3.63) is 83.0 Å². The lowest BCUT2D eigenvalue weighted by Crippen LogP contribution is -2.45. The van der Waals surface area contributed by atoms with Gasteiger partial charge in [-0.1, -0.05) is 60.6 Å². The average Bonchev–Trinajstić information content (AvgIpc) is 3.45. The van der Waals surface area contributed by atoms with Gasteiger partial charge < -0.3 is 34.2 Å². The first-order chi connectivity index (χ1) is 23.1. The average molecular weight is 694 g/mol. The molecule has 2 heterocycles. The summed E-state index contributed by atoms with van der Waals surface area (Å²) >= 11 is 0. The van der Waals surface area contributed by atoms with Crippen LogP contribution in [0, 0.1) is 5.92 Å². The summed E-state index contributed by atoms with van der Waals surface area (Å²) in [7, 11) is -3.56. The molecule has 2 aliphatic heterocycles. The number of hydrogen-bond donors (Lipinski definition) is 3. The summed E-state index contributed by atoms with van der Waals surface area (Å²) in [5.74, 6) is -1.88. The van der Waals surface area contributed by atoms with E-state index < -0.39 is 43.6 Å². The number of carbonyl (C=O) groups is 3. The number of carbonyl (C=O) groups excluding carboxylic acids is 3. The number of hydrogen-bond acceptors (Lipinski definition) is 6. The number of amides is 3.